The number of likely N-dealkylation sites (N-methyl/N-ethyl adjacent to an activating group) is 1. The quantitative estimate of drug-likeness (QED) is 0.478. The van der Waals surface area contributed by atoms with Crippen LogP contribution in [0.15, 0.2) is 42.9 Å². The summed E-state index contributed by atoms with van der Waals surface area (Å²) in [5.41, 5.74) is 3.16. The van der Waals surface area contributed by atoms with Crippen molar-refractivity contribution in [3.63, 3.8) is 0 Å². The van der Waals surface area contributed by atoms with E-state index in [1.54, 1.807) is 12.3 Å². The maximum atomic E-state index is 12.7. The third-order valence-electron chi connectivity index (χ3n) is 7.74. The van der Waals surface area contributed by atoms with E-state index in [0.29, 0.717) is 37.3 Å². The summed E-state index contributed by atoms with van der Waals surface area (Å²) in [7, 11) is 2.02. The van der Waals surface area contributed by atoms with Gasteiger partial charge in [0.05, 0.1) is 30.4 Å². The lowest BCUT2D eigenvalue weighted by Gasteiger charge is -2.39. The average molecular weight is 556 g/mol. The van der Waals surface area contributed by atoms with Crippen molar-refractivity contribution in [2.24, 2.45) is 0 Å². The molecule has 2 fully saturated rings. The fourth-order valence-electron chi connectivity index (χ4n) is 5.49. The first kappa shape index (κ1) is 28.0. The molecule has 0 aliphatic carbocycles. The van der Waals surface area contributed by atoms with Gasteiger partial charge >= 0.3 is 6.18 Å². The molecule has 1 aromatic carbocycles. The van der Waals surface area contributed by atoms with E-state index in [-0.39, 0.29) is 11.7 Å². The Hall–Kier alpha value is -3.57. The van der Waals surface area contributed by atoms with Crippen molar-refractivity contribution in [3.05, 3.63) is 65.2 Å². The van der Waals surface area contributed by atoms with Crippen molar-refractivity contribution in [2.45, 2.75) is 50.5 Å². The lowest BCUT2D eigenvalue weighted by Crippen LogP contribution is -2.47. The summed E-state index contributed by atoms with van der Waals surface area (Å²) in [6.45, 7) is 5.09. The molecule has 212 valence electrons. The maximum absolute atomic E-state index is 12.7. The number of carbonyl (C=O) groups excluding carboxylic acids is 1. The highest BCUT2D eigenvalue weighted by molar-refractivity contribution is 5.78. The summed E-state index contributed by atoms with van der Waals surface area (Å²) in [6, 6.07) is 7.57. The molecule has 0 bridgehead atoms. The second-order valence-electron chi connectivity index (χ2n) is 10.8. The zero-order valence-electron chi connectivity index (χ0n) is 22.5. The van der Waals surface area contributed by atoms with E-state index in [9.17, 15) is 18.0 Å². The molecule has 2 saturated heterocycles. The van der Waals surface area contributed by atoms with Crippen molar-refractivity contribution < 1.29 is 27.8 Å². The van der Waals surface area contributed by atoms with Crippen LogP contribution < -0.4 is 9.64 Å². The number of benzene rings is 1. The van der Waals surface area contributed by atoms with Gasteiger partial charge in [0.1, 0.15) is 23.5 Å². The van der Waals surface area contributed by atoms with Crippen LogP contribution in [0.4, 0.5) is 19.0 Å². The highest BCUT2D eigenvalue weighted by Gasteiger charge is 2.43. The van der Waals surface area contributed by atoms with Crippen molar-refractivity contribution in [2.75, 3.05) is 38.1 Å². The zero-order chi connectivity index (χ0) is 28.5. The molecule has 40 heavy (non-hydrogen) atoms. The zero-order valence-corrected chi connectivity index (χ0v) is 22.5. The van der Waals surface area contributed by atoms with Crippen molar-refractivity contribution in [1.29, 1.82) is 0 Å². The number of aryl methyl sites for hydroxylation is 1. The second kappa shape index (κ2) is 11.1. The molecule has 1 spiro atoms. The molecule has 1 N–H and O–H groups in total. The highest BCUT2D eigenvalue weighted by atomic mass is 19.4. The molecule has 2 aromatic heterocycles. The molecular formula is C29H32F3N5O3. The van der Waals surface area contributed by atoms with Gasteiger partial charge in [-0.3, -0.25) is 9.78 Å². The Kier molecular flexibility index (Phi) is 7.78. The van der Waals surface area contributed by atoms with Gasteiger partial charge in [-0.15, -0.1) is 0 Å². The van der Waals surface area contributed by atoms with E-state index in [4.69, 9.17) is 9.84 Å². The van der Waals surface area contributed by atoms with E-state index >= 15 is 0 Å². The minimum absolute atomic E-state index is 0.0509. The Balaban J connectivity index is 0.000000403. The van der Waals surface area contributed by atoms with Crippen LogP contribution in [0, 0.1) is 6.92 Å². The van der Waals surface area contributed by atoms with Crippen molar-refractivity contribution in [1.82, 2.24) is 19.9 Å². The van der Waals surface area contributed by atoms with Gasteiger partial charge in [0, 0.05) is 62.1 Å². The predicted molar refractivity (Wildman–Crippen MR) is 143 cm³/mol. The number of aliphatic hydroxyl groups excluding tert-OH is 1. The van der Waals surface area contributed by atoms with Gasteiger partial charge in [-0.2, -0.15) is 13.2 Å². The van der Waals surface area contributed by atoms with Crippen LogP contribution in [0.1, 0.15) is 46.4 Å². The first-order valence-electron chi connectivity index (χ1n) is 13.3. The Bertz CT molecular complexity index is 1350. The lowest BCUT2D eigenvalue weighted by atomic mass is 9.87. The number of aldehydes is 1. The molecule has 3 aromatic rings. The first-order chi connectivity index (χ1) is 19.0. The number of nitrogens with zero attached hydrogens (tertiary/aromatic N) is 5. The maximum Gasteiger partial charge on any atom is 0.434 e. The van der Waals surface area contributed by atoms with Gasteiger partial charge < -0.3 is 19.6 Å². The molecule has 0 radical (unpaired) electrons. The number of rotatable bonds is 3. The summed E-state index contributed by atoms with van der Waals surface area (Å²) in [5.74, 6) is 1.20. The normalized spacial score (nSPS) is 20.1. The number of carbonyl (C=O) groups is 1. The molecule has 3 aliphatic heterocycles. The van der Waals surface area contributed by atoms with Crippen molar-refractivity contribution in [3.8, 4) is 17.0 Å². The van der Waals surface area contributed by atoms with Crippen LogP contribution in [0.25, 0.3) is 11.3 Å². The summed E-state index contributed by atoms with van der Waals surface area (Å²) in [5, 5.41) is 8.86. The minimum Gasteiger partial charge on any atom is -0.485 e. The number of alkyl halides is 3. The molecule has 5 heterocycles. The number of likely N-dealkylation sites (tertiary alicyclic amines) is 1. The fraction of sp³-hybridized carbons (Fsp3) is 0.448. The summed E-state index contributed by atoms with van der Waals surface area (Å²) in [6.07, 6.45) is 3.12. The van der Waals surface area contributed by atoms with Gasteiger partial charge in [-0.25, -0.2) is 9.97 Å². The number of aliphatic hydroxyl groups is 1. The SMILES string of the molecule is CN1CCC(O)C1.Cc1cc(C=O)ccc1-c1cc2c(cn1)OC1(CCN(c3cnc(C(F)(F)F)cn3)CC1)C2. The summed E-state index contributed by atoms with van der Waals surface area (Å²) in [4.78, 5) is 27.1. The molecule has 11 heteroatoms. The van der Waals surface area contributed by atoms with Gasteiger partial charge in [0.15, 0.2) is 5.69 Å². The number of hydrogen-bond donors (Lipinski definition) is 1. The third kappa shape index (κ3) is 6.10. The smallest absolute Gasteiger partial charge is 0.434 e. The lowest BCUT2D eigenvalue weighted by molar-refractivity contribution is -0.141. The number of aromatic nitrogens is 3. The highest BCUT2D eigenvalue weighted by Crippen LogP contribution is 2.42. The van der Waals surface area contributed by atoms with Gasteiger partial charge in [0.25, 0.3) is 0 Å². The minimum atomic E-state index is -4.50. The van der Waals surface area contributed by atoms with E-state index in [2.05, 4.69) is 19.9 Å². The molecule has 0 saturated carbocycles. The number of anilines is 1. The van der Waals surface area contributed by atoms with Gasteiger partial charge in [-0.05, 0) is 38.1 Å². The van der Waals surface area contributed by atoms with Crippen LogP contribution in [-0.2, 0) is 12.6 Å². The largest absolute Gasteiger partial charge is 0.485 e. The topological polar surface area (TPSA) is 91.7 Å². The molecule has 8 nitrogen and oxygen atoms in total. The number of halogens is 3. The van der Waals surface area contributed by atoms with Crippen LogP contribution in [0.3, 0.4) is 0 Å². The number of pyridine rings is 1. The second-order valence-corrected chi connectivity index (χ2v) is 10.8. The Morgan fingerprint density at radius 3 is 2.40 bits per heavy atom. The number of piperidine rings is 1. The number of hydrogen-bond acceptors (Lipinski definition) is 8. The van der Waals surface area contributed by atoms with E-state index in [1.165, 1.54) is 6.20 Å². The number of β-amino-alcohol motifs (C(OH)–C–C–N with tert-alkyl or cyclic N) is 1. The molecule has 1 unspecified atom stereocenters. The molecule has 1 atom stereocenters. The number of ether oxygens (including phenoxy) is 1. The van der Waals surface area contributed by atoms with Gasteiger partial charge in [0.2, 0.25) is 0 Å². The Labute approximate surface area is 230 Å². The molecule has 3 aliphatic rings. The van der Waals surface area contributed by atoms with E-state index in [0.717, 1.165) is 66.5 Å². The predicted octanol–water partition coefficient (Wildman–Crippen LogP) is 4.34. The third-order valence-corrected chi connectivity index (χ3v) is 7.74. The van der Waals surface area contributed by atoms with Crippen molar-refractivity contribution >= 4 is 12.1 Å². The van der Waals surface area contributed by atoms with Gasteiger partial charge in [-0.1, -0.05) is 12.1 Å². The van der Waals surface area contributed by atoms with Crippen LogP contribution in [-0.4, -0.2) is 76.2 Å². The fourth-order valence-corrected chi connectivity index (χ4v) is 5.49. The number of fused-ring (bicyclic) bond motifs is 1. The summed E-state index contributed by atoms with van der Waals surface area (Å²) >= 11 is 0. The van der Waals surface area contributed by atoms with Crippen LogP contribution in [0.2, 0.25) is 0 Å². The van der Waals surface area contributed by atoms with Crippen LogP contribution in [0.5, 0.6) is 5.75 Å². The monoisotopic (exact) mass is 555 g/mol. The molecule has 6 rings (SSSR count). The van der Waals surface area contributed by atoms with E-state index in [1.807, 2.05) is 37.1 Å². The standard InChI is InChI=1S/C24H21F3N4O2.C5H11NO/c1-15-8-16(14-32)2-3-18(15)19-9-17-10-23(33-20(17)11-28-19)4-6-31(7-5-23)22-13-29-21(12-30-22)24(25,26)27;1-6-3-2-5(7)4-6/h2-3,8-9,11-14H,4-7,10H2,1H3;5,7H,2-4H2,1H3. The summed E-state index contributed by atoms with van der Waals surface area (Å²) < 4.78 is 44.5. The Morgan fingerprint density at radius 2 is 1.85 bits per heavy atom. The molecular weight excluding hydrogens is 523 g/mol. The molecule has 0 amide bonds. The first-order valence-corrected chi connectivity index (χ1v) is 13.3. The van der Waals surface area contributed by atoms with E-state index < -0.39 is 11.9 Å². The average Bonchev–Trinajstić information content (AvgIpc) is 3.49. The Morgan fingerprint density at radius 1 is 1.07 bits per heavy atom. The van der Waals surface area contributed by atoms with Crippen LogP contribution >= 0.6 is 0 Å².